The molecule has 4 heteroatoms. The molecule has 0 saturated carbocycles. The maximum atomic E-state index is 8.74. The van der Waals surface area contributed by atoms with Crippen LogP contribution in [0.25, 0.3) is 0 Å². The largest absolute Gasteiger partial charge is 0.425 e. The first-order valence-corrected chi connectivity index (χ1v) is 7.35. The Balaban J connectivity index is 1.77. The van der Waals surface area contributed by atoms with Crippen molar-refractivity contribution in [3.8, 4) is 11.9 Å². The minimum Gasteiger partial charge on any atom is -0.425 e. The van der Waals surface area contributed by atoms with E-state index in [1.165, 1.54) is 5.56 Å². The van der Waals surface area contributed by atoms with Crippen LogP contribution in [0, 0.1) is 11.5 Å². The Bertz CT molecular complexity index is 618. The second kappa shape index (κ2) is 9.19. The summed E-state index contributed by atoms with van der Waals surface area (Å²) >= 11 is 0. The van der Waals surface area contributed by atoms with Crippen molar-refractivity contribution < 1.29 is 4.74 Å². The van der Waals surface area contributed by atoms with Gasteiger partial charge in [-0.15, -0.1) is 0 Å². The van der Waals surface area contributed by atoms with Gasteiger partial charge in [-0.25, -0.2) is 10.3 Å². The van der Waals surface area contributed by atoms with E-state index in [-0.39, 0.29) is 6.02 Å². The lowest BCUT2D eigenvalue weighted by atomic mass is 10.1. The van der Waals surface area contributed by atoms with Crippen molar-refractivity contribution in [3.63, 3.8) is 0 Å². The minimum absolute atomic E-state index is 0.244. The number of para-hydroxylation sites is 1. The first kappa shape index (κ1) is 15.6. The average Bonchev–Trinajstić information content (AvgIpc) is 2.56. The predicted octanol–water partition coefficient (Wildman–Crippen LogP) is 3.51. The number of ether oxygens (including phenoxy) is 1. The molecule has 0 unspecified atom stereocenters. The van der Waals surface area contributed by atoms with Gasteiger partial charge in [-0.3, -0.25) is 0 Å². The fourth-order valence-corrected chi connectivity index (χ4v) is 2.01. The molecule has 2 aromatic carbocycles. The summed E-state index contributed by atoms with van der Waals surface area (Å²) in [4.78, 5) is 4.30. The monoisotopic (exact) mass is 293 g/mol. The summed E-state index contributed by atoms with van der Waals surface area (Å²) in [5.74, 6) is 0.660. The van der Waals surface area contributed by atoms with Crippen LogP contribution >= 0.6 is 0 Å². The molecule has 22 heavy (non-hydrogen) atoms. The Hall–Kier alpha value is -2.80. The van der Waals surface area contributed by atoms with Crippen molar-refractivity contribution in [2.24, 2.45) is 4.99 Å². The minimum atomic E-state index is 0.244. The zero-order valence-electron chi connectivity index (χ0n) is 12.4. The summed E-state index contributed by atoms with van der Waals surface area (Å²) < 4.78 is 5.54. The lowest BCUT2D eigenvalue weighted by molar-refractivity contribution is 0.524. The maximum absolute atomic E-state index is 8.74. The van der Waals surface area contributed by atoms with Gasteiger partial charge < -0.3 is 4.74 Å². The van der Waals surface area contributed by atoms with E-state index in [9.17, 15) is 0 Å². The van der Waals surface area contributed by atoms with E-state index in [1.807, 2.05) is 42.6 Å². The van der Waals surface area contributed by atoms with Gasteiger partial charge in [0.15, 0.2) is 6.19 Å². The Morgan fingerprint density at radius 3 is 2.36 bits per heavy atom. The SMILES string of the molecule is N#CNC(=NCCCCc1ccccc1)Oc1ccccc1. The van der Waals surface area contributed by atoms with Gasteiger partial charge in [0.2, 0.25) is 0 Å². The highest BCUT2D eigenvalue weighted by Crippen LogP contribution is 2.09. The molecule has 0 aliphatic rings. The summed E-state index contributed by atoms with van der Waals surface area (Å²) in [5.41, 5.74) is 1.34. The van der Waals surface area contributed by atoms with Crippen LogP contribution < -0.4 is 10.1 Å². The van der Waals surface area contributed by atoms with E-state index in [4.69, 9.17) is 10.00 Å². The van der Waals surface area contributed by atoms with E-state index in [0.717, 1.165) is 19.3 Å². The molecule has 0 aromatic heterocycles. The average molecular weight is 293 g/mol. The van der Waals surface area contributed by atoms with Gasteiger partial charge in [-0.2, -0.15) is 5.26 Å². The van der Waals surface area contributed by atoms with Crippen LogP contribution in [0.15, 0.2) is 65.7 Å². The summed E-state index contributed by atoms with van der Waals surface area (Å²) in [6.45, 7) is 0.629. The molecule has 2 rings (SSSR count). The molecule has 0 fully saturated rings. The normalized spacial score (nSPS) is 10.8. The lowest BCUT2D eigenvalue weighted by Gasteiger charge is -2.06. The fourth-order valence-electron chi connectivity index (χ4n) is 2.01. The van der Waals surface area contributed by atoms with Crippen LogP contribution in [0.1, 0.15) is 18.4 Å². The highest BCUT2D eigenvalue weighted by Gasteiger charge is 2.01. The van der Waals surface area contributed by atoms with Crippen molar-refractivity contribution in [1.29, 1.82) is 5.26 Å². The van der Waals surface area contributed by atoms with Crippen molar-refractivity contribution in [1.82, 2.24) is 5.32 Å². The second-order valence-corrected chi connectivity index (χ2v) is 4.78. The smallest absolute Gasteiger partial charge is 0.303 e. The zero-order valence-corrected chi connectivity index (χ0v) is 12.4. The second-order valence-electron chi connectivity index (χ2n) is 4.78. The molecule has 4 nitrogen and oxygen atoms in total. The van der Waals surface area contributed by atoms with Gasteiger partial charge in [0.1, 0.15) is 5.75 Å². The maximum Gasteiger partial charge on any atom is 0.303 e. The van der Waals surface area contributed by atoms with Gasteiger partial charge >= 0.3 is 6.02 Å². The number of aliphatic imine (C=N–C) groups is 1. The first-order valence-electron chi connectivity index (χ1n) is 7.35. The Labute approximate surface area is 131 Å². The van der Waals surface area contributed by atoms with Crippen LogP contribution in [0.5, 0.6) is 5.75 Å². The third-order valence-corrected chi connectivity index (χ3v) is 3.09. The number of nitrogens with one attached hydrogen (secondary N) is 1. The van der Waals surface area contributed by atoms with E-state index < -0.39 is 0 Å². The highest BCUT2D eigenvalue weighted by atomic mass is 16.5. The van der Waals surface area contributed by atoms with Crippen molar-refractivity contribution in [3.05, 3.63) is 66.2 Å². The fraction of sp³-hybridized carbons (Fsp3) is 0.222. The quantitative estimate of drug-likeness (QED) is 0.291. The molecular weight excluding hydrogens is 274 g/mol. The lowest BCUT2D eigenvalue weighted by Crippen LogP contribution is -2.24. The van der Waals surface area contributed by atoms with Gasteiger partial charge in [-0.1, -0.05) is 48.5 Å². The van der Waals surface area contributed by atoms with E-state index in [0.29, 0.717) is 12.3 Å². The van der Waals surface area contributed by atoms with E-state index in [2.05, 4.69) is 34.6 Å². The Kier molecular flexibility index (Phi) is 6.51. The molecule has 0 saturated heterocycles. The van der Waals surface area contributed by atoms with Crippen LogP contribution in [0.3, 0.4) is 0 Å². The van der Waals surface area contributed by atoms with Crippen molar-refractivity contribution in [2.75, 3.05) is 6.54 Å². The first-order chi connectivity index (χ1) is 10.9. The van der Waals surface area contributed by atoms with Gasteiger partial charge in [0.25, 0.3) is 0 Å². The zero-order chi connectivity index (χ0) is 15.5. The molecule has 0 heterocycles. The molecule has 112 valence electrons. The molecule has 0 spiro atoms. The molecule has 0 aliphatic heterocycles. The van der Waals surface area contributed by atoms with Crippen molar-refractivity contribution >= 4 is 6.02 Å². The molecule has 0 aliphatic carbocycles. The highest BCUT2D eigenvalue weighted by molar-refractivity contribution is 5.77. The number of nitriles is 1. The number of rotatable bonds is 6. The number of unbranched alkanes of at least 4 members (excludes halogenated alkanes) is 1. The van der Waals surface area contributed by atoms with Crippen LogP contribution in [-0.2, 0) is 6.42 Å². The van der Waals surface area contributed by atoms with E-state index in [1.54, 1.807) is 0 Å². The van der Waals surface area contributed by atoms with Gasteiger partial charge in [0.05, 0.1) is 0 Å². The Morgan fingerprint density at radius 2 is 1.68 bits per heavy atom. The summed E-state index contributed by atoms with van der Waals surface area (Å²) in [7, 11) is 0. The topological polar surface area (TPSA) is 57.4 Å². The molecule has 0 bridgehead atoms. The van der Waals surface area contributed by atoms with E-state index >= 15 is 0 Å². The Morgan fingerprint density at radius 1 is 1.00 bits per heavy atom. The van der Waals surface area contributed by atoms with Crippen molar-refractivity contribution in [2.45, 2.75) is 19.3 Å². The van der Waals surface area contributed by atoms with Crippen LogP contribution in [0.4, 0.5) is 0 Å². The predicted molar refractivity (Wildman–Crippen MR) is 87.5 cm³/mol. The summed E-state index contributed by atoms with van der Waals surface area (Å²) in [6, 6.07) is 19.9. The number of aryl methyl sites for hydroxylation is 1. The number of amidine groups is 1. The third-order valence-electron chi connectivity index (χ3n) is 3.09. The number of hydrogen-bond donors (Lipinski definition) is 1. The molecule has 2 aromatic rings. The molecule has 0 amide bonds. The molecule has 0 atom stereocenters. The standard InChI is InChI=1S/C18H19N3O/c19-15-21-18(22-17-12-5-2-6-13-17)20-14-8-7-11-16-9-3-1-4-10-16/h1-6,9-10,12-13H,7-8,11,14H2,(H,20,21). The third kappa shape index (κ3) is 5.68. The van der Waals surface area contributed by atoms with Crippen LogP contribution in [-0.4, -0.2) is 12.6 Å². The van der Waals surface area contributed by atoms with Gasteiger partial charge in [0, 0.05) is 6.54 Å². The summed E-state index contributed by atoms with van der Waals surface area (Å²) in [5, 5.41) is 11.2. The number of benzene rings is 2. The summed E-state index contributed by atoms with van der Waals surface area (Å²) in [6.07, 6.45) is 4.89. The molecular formula is C18H19N3O. The molecule has 0 radical (unpaired) electrons. The molecule has 1 N–H and O–H groups in total. The van der Waals surface area contributed by atoms with Gasteiger partial charge in [-0.05, 0) is 37.0 Å². The number of hydrogen-bond acceptors (Lipinski definition) is 3. The number of nitrogens with zero attached hydrogens (tertiary/aromatic N) is 2. The van der Waals surface area contributed by atoms with Crippen LogP contribution in [0.2, 0.25) is 0 Å².